The van der Waals surface area contributed by atoms with E-state index in [0.717, 1.165) is 27.5 Å². The van der Waals surface area contributed by atoms with Gasteiger partial charge in [0.15, 0.2) is 17.4 Å². The van der Waals surface area contributed by atoms with Gasteiger partial charge in [-0.1, -0.05) is 22.0 Å². The lowest BCUT2D eigenvalue weighted by molar-refractivity contribution is 0.104. The monoisotopic (exact) mass is 335 g/mol. The van der Waals surface area contributed by atoms with Gasteiger partial charge in [-0.25, -0.2) is 8.78 Å². The van der Waals surface area contributed by atoms with Crippen molar-refractivity contribution < 1.29 is 13.6 Å². The number of nitrogens with one attached hydrogen (secondary N) is 1. The second-order valence-electron chi connectivity index (χ2n) is 4.35. The van der Waals surface area contributed by atoms with Crippen LogP contribution in [0.3, 0.4) is 0 Å². The molecule has 0 saturated heterocycles. The van der Waals surface area contributed by atoms with Crippen molar-refractivity contribution in [3.63, 3.8) is 0 Å². The minimum Gasteiger partial charge on any atom is -0.360 e. The van der Waals surface area contributed by atoms with Crippen LogP contribution in [0.4, 0.5) is 8.78 Å². The number of carbonyl (C=O) groups is 1. The summed E-state index contributed by atoms with van der Waals surface area (Å²) in [5.74, 6) is -2.35. The van der Waals surface area contributed by atoms with Crippen molar-refractivity contribution in [1.82, 2.24) is 4.98 Å². The largest absolute Gasteiger partial charge is 0.360 e. The highest BCUT2D eigenvalue weighted by Gasteiger charge is 2.16. The first-order valence-electron chi connectivity index (χ1n) is 5.82. The smallest absolute Gasteiger partial charge is 0.195 e. The Morgan fingerprint density at radius 1 is 1.05 bits per heavy atom. The Kier molecular flexibility index (Phi) is 3.14. The van der Waals surface area contributed by atoms with Crippen molar-refractivity contribution in [1.29, 1.82) is 0 Å². The number of hydrogen-bond donors (Lipinski definition) is 1. The van der Waals surface area contributed by atoms with E-state index in [2.05, 4.69) is 20.9 Å². The molecular formula is C15H8BrF2NO. The van der Waals surface area contributed by atoms with Gasteiger partial charge >= 0.3 is 0 Å². The molecule has 2 aromatic carbocycles. The average Bonchev–Trinajstić information content (AvgIpc) is 2.84. The number of hydrogen-bond acceptors (Lipinski definition) is 1. The van der Waals surface area contributed by atoms with E-state index in [1.54, 1.807) is 12.3 Å². The van der Waals surface area contributed by atoms with Crippen LogP contribution in [-0.4, -0.2) is 10.8 Å². The van der Waals surface area contributed by atoms with Crippen LogP contribution in [0, 0.1) is 11.6 Å². The van der Waals surface area contributed by atoms with Gasteiger partial charge in [0.2, 0.25) is 0 Å². The number of ketones is 1. The minimum atomic E-state index is -1.03. The maximum atomic E-state index is 13.2. The Morgan fingerprint density at radius 2 is 1.85 bits per heavy atom. The number of carbonyl (C=O) groups excluding carboxylic acids is 1. The molecule has 5 heteroatoms. The predicted octanol–water partition coefficient (Wildman–Crippen LogP) is 4.44. The van der Waals surface area contributed by atoms with E-state index in [1.807, 2.05) is 12.1 Å². The average molecular weight is 336 g/mol. The first-order chi connectivity index (χ1) is 9.56. The third-order valence-electron chi connectivity index (χ3n) is 3.07. The topological polar surface area (TPSA) is 32.9 Å². The maximum Gasteiger partial charge on any atom is 0.195 e. The van der Waals surface area contributed by atoms with Gasteiger partial charge < -0.3 is 4.98 Å². The number of benzene rings is 2. The molecule has 2 nitrogen and oxygen atoms in total. The van der Waals surface area contributed by atoms with Crippen LogP contribution in [-0.2, 0) is 0 Å². The van der Waals surface area contributed by atoms with Gasteiger partial charge in [0.25, 0.3) is 0 Å². The van der Waals surface area contributed by atoms with E-state index >= 15 is 0 Å². The molecule has 0 saturated carbocycles. The Bertz CT molecular complexity index is 826. The Morgan fingerprint density at radius 3 is 2.60 bits per heavy atom. The zero-order valence-electron chi connectivity index (χ0n) is 10.1. The van der Waals surface area contributed by atoms with E-state index in [-0.39, 0.29) is 11.3 Å². The number of fused-ring (bicyclic) bond motifs is 1. The minimum absolute atomic E-state index is 0.118. The highest BCUT2D eigenvalue weighted by atomic mass is 79.9. The van der Waals surface area contributed by atoms with E-state index in [4.69, 9.17) is 0 Å². The van der Waals surface area contributed by atoms with E-state index in [0.29, 0.717) is 5.56 Å². The molecule has 0 aliphatic heterocycles. The zero-order chi connectivity index (χ0) is 14.3. The predicted molar refractivity (Wildman–Crippen MR) is 75.8 cm³/mol. The standard InChI is InChI=1S/C15H8BrF2NO/c16-9-2-3-10-11(7-19-14(10)6-9)15(20)8-1-4-12(17)13(18)5-8/h1-7,19H. The van der Waals surface area contributed by atoms with Crippen LogP contribution >= 0.6 is 15.9 Å². The molecule has 0 bridgehead atoms. The quantitative estimate of drug-likeness (QED) is 0.690. The fourth-order valence-electron chi connectivity index (χ4n) is 2.08. The van der Waals surface area contributed by atoms with Crippen LogP contribution in [0.5, 0.6) is 0 Å². The van der Waals surface area contributed by atoms with Crippen molar-refractivity contribution in [2.45, 2.75) is 0 Å². The number of aromatic amines is 1. The van der Waals surface area contributed by atoms with E-state index in [9.17, 15) is 13.6 Å². The summed E-state index contributed by atoms with van der Waals surface area (Å²) in [6, 6.07) is 8.60. The van der Waals surface area contributed by atoms with Crippen LogP contribution in [0.2, 0.25) is 0 Å². The van der Waals surface area contributed by atoms with Crippen LogP contribution < -0.4 is 0 Å². The lowest BCUT2D eigenvalue weighted by Gasteiger charge is -2.01. The van der Waals surface area contributed by atoms with Crippen LogP contribution in [0.1, 0.15) is 15.9 Å². The van der Waals surface area contributed by atoms with Crippen molar-refractivity contribution in [2.75, 3.05) is 0 Å². The molecule has 0 radical (unpaired) electrons. The van der Waals surface area contributed by atoms with Crippen molar-refractivity contribution in [3.8, 4) is 0 Å². The Hall–Kier alpha value is -2.01. The number of halogens is 3. The van der Waals surface area contributed by atoms with Gasteiger partial charge in [-0.15, -0.1) is 0 Å². The molecule has 3 aromatic rings. The molecule has 1 heterocycles. The summed E-state index contributed by atoms with van der Waals surface area (Å²) in [5.41, 5.74) is 1.34. The first kappa shape index (κ1) is 13.0. The molecule has 1 N–H and O–H groups in total. The number of rotatable bonds is 2. The third-order valence-corrected chi connectivity index (χ3v) is 3.56. The second kappa shape index (κ2) is 4.83. The van der Waals surface area contributed by atoms with Crippen LogP contribution in [0.25, 0.3) is 10.9 Å². The zero-order valence-corrected chi connectivity index (χ0v) is 11.7. The number of H-pyrrole nitrogens is 1. The summed E-state index contributed by atoms with van der Waals surface area (Å²) < 4.78 is 27.0. The third kappa shape index (κ3) is 2.14. The summed E-state index contributed by atoms with van der Waals surface area (Å²) in [6.45, 7) is 0. The molecule has 1 aromatic heterocycles. The molecule has 0 unspecified atom stereocenters. The van der Waals surface area contributed by atoms with E-state index in [1.165, 1.54) is 6.07 Å². The molecule has 0 amide bonds. The van der Waals surface area contributed by atoms with Crippen LogP contribution in [0.15, 0.2) is 47.1 Å². The Balaban J connectivity index is 2.10. The molecular weight excluding hydrogens is 328 g/mol. The molecule has 0 atom stereocenters. The summed E-state index contributed by atoms with van der Waals surface area (Å²) >= 11 is 3.34. The molecule has 0 spiro atoms. The molecule has 3 rings (SSSR count). The highest BCUT2D eigenvalue weighted by molar-refractivity contribution is 9.10. The van der Waals surface area contributed by atoms with Gasteiger partial charge in [0.1, 0.15) is 0 Å². The molecule has 0 aliphatic rings. The summed E-state index contributed by atoms with van der Waals surface area (Å²) in [7, 11) is 0. The summed E-state index contributed by atoms with van der Waals surface area (Å²) in [5, 5.41) is 0.739. The van der Waals surface area contributed by atoms with Crippen molar-refractivity contribution in [3.05, 3.63) is 69.8 Å². The fraction of sp³-hybridized carbons (Fsp3) is 0. The summed E-state index contributed by atoms with van der Waals surface area (Å²) in [4.78, 5) is 15.3. The molecule has 0 aliphatic carbocycles. The van der Waals surface area contributed by atoms with Crippen molar-refractivity contribution in [2.24, 2.45) is 0 Å². The van der Waals surface area contributed by atoms with Gasteiger partial charge in [-0.3, -0.25) is 4.79 Å². The first-order valence-corrected chi connectivity index (χ1v) is 6.62. The van der Waals surface area contributed by atoms with Gasteiger partial charge in [-0.05, 0) is 30.3 Å². The fourth-order valence-corrected chi connectivity index (χ4v) is 2.44. The molecule has 100 valence electrons. The highest BCUT2D eigenvalue weighted by Crippen LogP contribution is 2.24. The lowest BCUT2D eigenvalue weighted by atomic mass is 10.0. The Labute approximate surface area is 121 Å². The lowest BCUT2D eigenvalue weighted by Crippen LogP contribution is -2.01. The second-order valence-corrected chi connectivity index (χ2v) is 5.27. The van der Waals surface area contributed by atoms with Gasteiger partial charge in [-0.2, -0.15) is 0 Å². The molecule has 0 fully saturated rings. The summed E-state index contributed by atoms with van der Waals surface area (Å²) in [6.07, 6.45) is 1.57. The van der Waals surface area contributed by atoms with Gasteiger partial charge in [0.05, 0.1) is 0 Å². The maximum absolute atomic E-state index is 13.2. The van der Waals surface area contributed by atoms with Gasteiger partial charge in [0, 0.05) is 32.7 Å². The van der Waals surface area contributed by atoms with E-state index < -0.39 is 11.6 Å². The SMILES string of the molecule is O=C(c1ccc(F)c(F)c1)c1c[nH]c2cc(Br)ccc12. The number of aromatic nitrogens is 1. The molecule has 20 heavy (non-hydrogen) atoms. The normalized spacial score (nSPS) is 10.9. The van der Waals surface area contributed by atoms with Crippen molar-refractivity contribution >= 4 is 32.6 Å².